The van der Waals surface area contributed by atoms with Gasteiger partial charge in [0.15, 0.2) is 0 Å². The number of hydrogen-bond acceptors (Lipinski definition) is 1. The van der Waals surface area contributed by atoms with Gasteiger partial charge in [-0.25, -0.2) is 4.98 Å². The molecule has 1 aromatic heterocycles. The van der Waals surface area contributed by atoms with Crippen molar-refractivity contribution in [3.05, 3.63) is 59.7 Å². The molecule has 0 saturated heterocycles. The van der Waals surface area contributed by atoms with E-state index in [1.165, 1.54) is 16.7 Å². The first-order valence-electron chi connectivity index (χ1n) is 5.56. The van der Waals surface area contributed by atoms with Crippen LogP contribution in [0.1, 0.15) is 29.4 Å². The van der Waals surface area contributed by atoms with Crippen LogP contribution in [0.15, 0.2) is 37.2 Å². The highest BCUT2D eigenvalue weighted by Gasteiger charge is 2.02. The lowest BCUT2D eigenvalue weighted by Gasteiger charge is -2.06. The Morgan fingerprint density at radius 1 is 1.44 bits per heavy atom. The lowest BCUT2D eigenvalue weighted by atomic mass is 10.0. The number of H-pyrrole nitrogens is 1. The van der Waals surface area contributed by atoms with Crippen LogP contribution in [0.2, 0.25) is 0 Å². The van der Waals surface area contributed by atoms with E-state index in [0.717, 1.165) is 18.7 Å². The molecule has 0 aliphatic rings. The van der Waals surface area contributed by atoms with Gasteiger partial charge in [0.25, 0.3) is 0 Å². The number of aromatic amines is 1. The molecule has 2 heteroatoms. The largest absolute Gasteiger partial charge is 0.348 e. The first-order valence-corrected chi connectivity index (χ1v) is 5.56. The van der Waals surface area contributed by atoms with E-state index in [2.05, 4.69) is 41.7 Å². The fourth-order valence-electron chi connectivity index (χ4n) is 1.86. The zero-order valence-corrected chi connectivity index (χ0v) is 9.53. The van der Waals surface area contributed by atoms with Crippen LogP contribution in [-0.4, -0.2) is 9.97 Å². The van der Waals surface area contributed by atoms with Gasteiger partial charge in [-0.15, -0.1) is 0 Å². The van der Waals surface area contributed by atoms with Crippen molar-refractivity contribution >= 4 is 6.08 Å². The highest BCUT2D eigenvalue weighted by atomic mass is 14.9. The quantitative estimate of drug-likeness (QED) is 0.828. The summed E-state index contributed by atoms with van der Waals surface area (Å²) in [7, 11) is 0. The number of nitrogens with one attached hydrogen (secondary N) is 1. The van der Waals surface area contributed by atoms with Crippen LogP contribution in [0.25, 0.3) is 6.08 Å². The van der Waals surface area contributed by atoms with Crippen LogP contribution < -0.4 is 0 Å². The van der Waals surface area contributed by atoms with Crippen LogP contribution in [0, 0.1) is 0 Å². The SMILES string of the molecule is C=Cc1ccc(Cc2ncc[nH]2)cc1CC. The van der Waals surface area contributed by atoms with Crippen molar-refractivity contribution in [1.82, 2.24) is 9.97 Å². The molecular formula is C14H16N2. The average molecular weight is 212 g/mol. The number of hydrogen-bond donors (Lipinski definition) is 1. The van der Waals surface area contributed by atoms with Gasteiger partial charge in [-0.3, -0.25) is 0 Å². The summed E-state index contributed by atoms with van der Waals surface area (Å²) in [6, 6.07) is 6.50. The molecule has 82 valence electrons. The molecule has 0 fully saturated rings. The molecule has 2 nitrogen and oxygen atoms in total. The zero-order valence-electron chi connectivity index (χ0n) is 9.53. The van der Waals surface area contributed by atoms with Crippen LogP contribution in [0.4, 0.5) is 0 Å². The van der Waals surface area contributed by atoms with Crippen molar-refractivity contribution in [2.24, 2.45) is 0 Å². The van der Waals surface area contributed by atoms with Gasteiger partial charge in [0.05, 0.1) is 0 Å². The first-order chi connectivity index (χ1) is 7.83. The minimum Gasteiger partial charge on any atom is -0.348 e. The third-order valence-corrected chi connectivity index (χ3v) is 2.73. The number of imidazole rings is 1. The molecule has 1 aromatic carbocycles. The molecule has 0 spiro atoms. The van der Waals surface area contributed by atoms with Gasteiger partial charge in [0.2, 0.25) is 0 Å². The molecule has 1 heterocycles. The van der Waals surface area contributed by atoms with Gasteiger partial charge in [-0.1, -0.05) is 37.8 Å². The third kappa shape index (κ3) is 2.22. The minimum atomic E-state index is 0.859. The van der Waals surface area contributed by atoms with Crippen molar-refractivity contribution in [2.75, 3.05) is 0 Å². The maximum atomic E-state index is 4.23. The van der Waals surface area contributed by atoms with Gasteiger partial charge in [0, 0.05) is 18.8 Å². The topological polar surface area (TPSA) is 28.7 Å². The van der Waals surface area contributed by atoms with Gasteiger partial charge in [0.1, 0.15) is 5.82 Å². The summed E-state index contributed by atoms with van der Waals surface area (Å²) in [5, 5.41) is 0. The van der Waals surface area contributed by atoms with E-state index in [1.807, 2.05) is 12.3 Å². The molecular weight excluding hydrogens is 196 g/mol. The molecule has 2 aromatic rings. The maximum Gasteiger partial charge on any atom is 0.110 e. The van der Waals surface area contributed by atoms with Crippen LogP contribution >= 0.6 is 0 Å². The molecule has 2 rings (SSSR count). The maximum absolute atomic E-state index is 4.23. The Kier molecular flexibility index (Phi) is 3.20. The molecule has 0 aliphatic carbocycles. The van der Waals surface area contributed by atoms with E-state index >= 15 is 0 Å². The zero-order chi connectivity index (χ0) is 11.4. The molecule has 0 aliphatic heterocycles. The molecule has 0 saturated carbocycles. The molecule has 0 bridgehead atoms. The molecule has 0 amide bonds. The predicted molar refractivity (Wildman–Crippen MR) is 67.3 cm³/mol. The summed E-state index contributed by atoms with van der Waals surface area (Å²) >= 11 is 0. The lowest BCUT2D eigenvalue weighted by molar-refractivity contribution is 1.01. The normalized spacial score (nSPS) is 10.3. The van der Waals surface area contributed by atoms with Crippen LogP contribution in [0.3, 0.4) is 0 Å². The Morgan fingerprint density at radius 3 is 2.94 bits per heavy atom. The average Bonchev–Trinajstić information content (AvgIpc) is 2.81. The summed E-state index contributed by atoms with van der Waals surface area (Å²) in [5.74, 6) is 1.01. The highest BCUT2D eigenvalue weighted by molar-refractivity contribution is 5.53. The Hall–Kier alpha value is -1.83. The summed E-state index contributed by atoms with van der Waals surface area (Å²) in [6.45, 7) is 5.99. The smallest absolute Gasteiger partial charge is 0.110 e. The minimum absolute atomic E-state index is 0.859. The summed E-state index contributed by atoms with van der Waals surface area (Å²) in [5.41, 5.74) is 3.86. The fraction of sp³-hybridized carbons (Fsp3) is 0.214. The number of benzene rings is 1. The van der Waals surface area contributed by atoms with Crippen molar-refractivity contribution in [3.63, 3.8) is 0 Å². The summed E-state index contributed by atoms with van der Waals surface area (Å²) in [6.07, 6.45) is 7.45. The Balaban J connectivity index is 2.26. The fourth-order valence-corrected chi connectivity index (χ4v) is 1.86. The van der Waals surface area contributed by atoms with E-state index in [4.69, 9.17) is 0 Å². The summed E-state index contributed by atoms with van der Waals surface area (Å²) < 4.78 is 0. The molecule has 0 radical (unpaired) electrons. The van der Waals surface area contributed by atoms with E-state index < -0.39 is 0 Å². The van der Waals surface area contributed by atoms with Crippen molar-refractivity contribution in [1.29, 1.82) is 0 Å². The third-order valence-electron chi connectivity index (χ3n) is 2.73. The number of rotatable bonds is 4. The standard InChI is InChI=1S/C14H16N2/c1-3-12-6-5-11(9-13(12)4-2)10-14-15-7-8-16-14/h3,5-9H,1,4,10H2,2H3,(H,15,16). The van der Waals surface area contributed by atoms with Gasteiger partial charge >= 0.3 is 0 Å². The number of nitrogens with zero attached hydrogens (tertiary/aromatic N) is 1. The molecule has 1 N–H and O–H groups in total. The van der Waals surface area contributed by atoms with E-state index in [0.29, 0.717) is 0 Å². The van der Waals surface area contributed by atoms with Crippen molar-refractivity contribution in [3.8, 4) is 0 Å². The first kappa shape index (κ1) is 10.7. The Morgan fingerprint density at radius 2 is 2.31 bits per heavy atom. The van der Waals surface area contributed by atoms with Gasteiger partial charge in [-0.2, -0.15) is 0 Å². The Labute approximate surface area is 96.1 Å². The molecule has 0 atom stereocenters. The number of aryl methyl sites for hydroxylation is 1. The van der Waals surface area contributed by atoms with Crippen LogP contribution in [-0.2, 0) is 12.8 Å². The van der Waals surface area contributed by atoms with Crippen LogP contribution in [0.5, 0.6) is 0 Å². The summed E-state index contributed by atoms with van der Waals surface area (Å²) in [4.78, 5) is 7.35. The second-order valence-corrected chi connectivity index (χ2v) is 3.80. The van der Waals surface area contributed by atoms with E-state index in [-0.39, 0.29) is 0 Å². The molecule has 0 unspecified atom stereocenters. The van der Waals surface area contributed by atoms with Gasteiger partial charge < -0.3 is 4.98 Å². The second kappa shape index (κ2) is 4.79. The van der Waals surface area contributed by atoms with Gasteiger partial charge in [-0.05, 0) is 23.1 Å². The second-order valence-electron chi connectivity index (χ2n) is 3.80. The number of aromatic nitrogens is 2. The molecule has 16 heavy (non-hydrogen) atoms. The van der Waals surface area contributed by atoms with Crippen molar-refractivity contribution < 1.29 is 0 Å². The highest BCUT2D eigenvalue weighted by Crippen LogP contribution is 2.15. The monoisotopic (exact) mass is 212 g/mol. The lowest BCUT2D eigenvalue weighted by Crippen LogP contribution is -1.94. The predicted octanol–water partition coefficient (Wildman–Crippen LogP) is 3.21. The van der Waals surface area contributed by atoms with E-state index in [9.17, 15) is 0 Å². The van der Waals surface area contributed by atoms with E-state index in [1.54, 1.807) is 6.20 Å². The Bertz CT molecular complexity index is 469. The van der Waals surface area contributed by atoms with Crippen molar-refractivity contribution in [2.45, 2.75) is 19.8 Å².